The van der Waals surface area contributed by atoms with Gasteiger partial charge in [-0.1, -0.05) is 23.7 Å². The summed E-state index contributed by atoms with van der Waals surface area (Å²) >= 11 is 5.78. The summed E-state index contributed by atoms with van der Waals surface area (Å²) in [5, 5.41) is 5.32. The number of nitrogens with zero attached hydrogens (tertiary/aromatic N) is 3. The van der Waals surface area contributed by atoms with Gasteiger partial charge in [-0.25, -0.2) is 9.97 Å². The molecule has 1 fully saturated rings. The van der Waals surface area contributed by atoms with Crippen LogP contribution in [0, 0.1) is 0 Å². The summed E-state index contributed by atoms with van der Waals surface area (Å²) in [5.41, 5.74) is 23.2. The predicted molar refractivity (Wildman–Crippen MR) is 129 cm³/mol. The minimum atomic E-state index is -0.672. The number of ether oxygens (including phenoxy) is 1. The summed E-state index contributed by atoms with van der Waals surface area (Å²) < 4.78 is 5.90. The van der Waals surface area contributed by atoms with Crippen molar-refractivity contribution in [2.75, 3.05) is 24.6 Å². The molecule has 0 bridgehead atoms. The largest absolute Gasteiger partial charge is 0.489 e. The van der Waals surface area contributed by atoms with Crippen LogP contribution in [0.2, 0.25) is 5.15 Å². The van der Waals surface area contributed by atoms with Crippen LogP contribution in [-0.4, -0.2) is 53.0 Å². The first kappa shape index (κ1) is 25.0. The van der Waals surface area contributed by atoms with Gasteiger partial charge in [0.2, 0.25) is 5.91 Å². The van der Waals surface area contributed by atoms with Gasteiger partial charge in [-0.2, -0.15) is 0 Å². The number of primary amides is 1. The molecule has 1 aromatic carbocycles. The molecular weight excluding hydrogens is 462 g/mol. The number of aryl methyl sites for hydroxylation is 1. The Balaban J connectivity index is 1.37. The maximum atomic E-state index is 12.2. The van der Waals surface area contributed by atoms with Crippen LogP contribution in [0.5, 0.6) is 5.75 Å². The van der Waals surface area contributed by atoms with E-state index in [1.807, 2.05) is 24.3 Å². The number of guanidine groups is 1. The van der Waals surface area contributed by atoms with Gasteiger partial charge in [0.15, 0.2) is 28.4 Å². The highest BCUT2D eigenvalue weighted by molar-refractivity contribution is 6.31. The second-order valence-corrected chi connectivity index (χ2v) is 8.15. The molecule has 0 radical (unpaired) electrons. The van der Waals surface area contributed by atoms with Crippen molar-refractivity contribution in [2.45, 2.75) is 37.8 Å². The molecule has 2 aromatic rings. The van der Waals surface area contributed by atoms with Crippen LogP contribution >= 0.6 is 11.6 Å². The Morgan fingerprint density at radius 3 is 2.56 bits per heavy atom. The third kappa shape index (κ3) is 6.93. The van der Waals surface area contributed by atoms with E-state index >= 15 is 0 Å². The molecule has 1 unspecified atom stereocenters. The average molecular weight is 490 g/mol. The molecule has 3 rings (SSSR count). The Kier molecular flexibility index (Phi) is 8.44. The molecular formula is C21H28ClN9O3. The number of rotatable bonds is 9. The van der Waals surface area contributed by atoms with Crippen LogP contribution in [0.3, 0.4) is 0 Å². The molecule has 2 amide bonds. The minimum Gasteiger partial charge on any atom is -0.489 e. The van der Waals surface area contributed by atoms with Gasteiger partial charge in [-0.05, 0) is 37.0 Å². The first-order valence-corrected chi connectivity index (χ1v) is 11.1. The molecule has 0 spiro atoms. The molecule has 1 saturated heterocycles. The van der Waals surface area contributed by atoms with Crippen LogP contribution in [0.25, 0.3) is 0 Å². The van der Waals surface area contributed by atoms with Crippen molar-refractivity contribution < 1.29 is 14.3 Å². The lowest BCUT2D eigenvalue weighted by molar-refractivity contribution is -0.119. The summed E-state index contributed by atoms with van der Waals surface area (Å²) in [7, 11) is 0. The van der Waals surface area contributed by atoms with E-state index in [1.54, 1.807) is 0 Å². The van der Waals surface area contributed by atoms with Crippen molar-refractivity contribution in [3.05, 3.63) is 40.7 Å². The number of nitrogens with two attached hydrogens (primary N) is 4. The number of nitrogen functional groups attached to an aromatic ring is 2. The van der Waals surface area contributed by atoms with Crippen molar-refractivity contribution >= 4 is 41.0 Å². The normalized spacial score (nSPS) is 18.0. The fourth-order valence-electron chi connectivity index (χ4n) is 3.40. The smallest absolute Gasteiger partial charge is 0.280 e. The van der Waals surface area contributed by atoms with Gasteiger partial charge in [0.1, 0.15) is 11.9 Å². The van der Waals surface area contributed by atoms with Crippen molar-refractivity contribution in [3.63, 3.8) is 0 Å². The molecule has 2 atom stereocenters. The van der Waals surface area contributed by atoms with Crippen LogP contribution in [0.4, 0.5) is 11.6 Å². The zero-order valence-electron chi connectivity index (χ0n) is 18.5. The Morgan fingerprint density at radius 1 is 1.15 bits per heavy atom. The maximum Gasteiger partial charge on any atom is 0.280 e. The van der Waals surface area contributed by atoms with Gasteiger partial charge in [0.05, 0.1) is 6.04 Å². The van der Waals surface area contributed by atoms with Crippen molar-refractivity contribution in [3.8, 4) is 5.75 Å². The molecule has 34 heavy (non-hydrogen) atoms. The van der Waals surface area contributed by atoms with Crippen LogP contribution < -0.4 is 38.3 Å². The Morgan fingerprint density at radius 2 is 1.88 bits per heavy atom. The van der Waals surface area contributed by atoms with Gasteiger partial charge < -0.3 is 33.0 Å². The van der Waals surface area contributed by atoms with Crippen molar-refractivity contribution in [1.29, 1.82) is 0 Å². The standard InChI is InChI=1S/C21H28ClN9O3/c22-16-18(24)30-17(23)15(29-16)20(33)31-21(26)27-8-2-1-3-11-4-6-12(7-5-11)34-13-9-14(19(25)32)28-10-13/h4-7,13-14,28H,1-3,8-10H2,(H2,25,32)(H4,23,24,30)(H3,26,27,31,33)/t13?,14-/m0/s1. The zero-order valence-corrected chi connectivity index (χ0v) is 19.2. The maximum absolute atomic E-state index is 12.2. The molecule has 1 aliphatic heterocycles. The van der Waals surface area contributed by atoms with E-state index in [4.69, 9.17) is 39.3 Å². The number of benzene rings is 1. The first-order valence-electron chi connectivity index (χ1n) is 10.7. The fourth-order valence-corrected chi connectivity index (χ4v) is 3.53. The van der Waals surface area contributed by atoms with E-state index in [2.05, 4.69) is 25.6 Å². The number of hydrogen-bond acceptors (Lipinski definition) is 9. The summed E-state index contributed by atoms with van der Waals surface area (Å²) in [6.07, 6.45) is 2.99. The molecule has 13 heteroatoms. The van der Waals surface area contributed by atoms with E-state index in [-0.39, 0.29) is 46.5 Å². The number of amides is 2. The zero-order chi connectivity index (χ0) is 24.7. The van der Waals surface area contributed by atoms with E-state index in [0.717, 1.165) is 30.6 Å². The molecule has 0 aliphatic carbocycles. The van der Waals surface area contributed by atoms with Crippen molar-refractivity contribution in [2.24, 2.45) is 16.5 Å². The molecule has 1 aliphatic rings. The van der Waals surface area contributed by atoms with Gasteiger partial charge >= 0.3 is 0 Å². The average Bonchev–Trinajstić information content (AvgIpc) is 3.26. The number of anilines is 2. The summed E-state index contributed by atoms with van der Waals surface area (Å²) in [6, 6.07) is 7.50. The number of hydrogen-bond donors (Lipinski definition) is 6. The summed E-state index contributed by atoms with van der Waals surface area (Å²) in [5.74, 6) is -0.556. The molecule has 10 N–H and O–H groups in total. The third-order valence-electron chi connectivity index (χ3n) is 5.18. The molecule has 12 nitrogen and oxygen atoms in total. The lowest BCUT2D eigenvalue weighted by Gasteiger charge is -2.13. The minimum absolute atomic E-state index is 0.0550. The highest BCUT2D eigenvalue weighted by Gasteiger charge is 2.29. The number of carbonyl (C=O) groups excluding carboxylic acids is 2. The monoisotopic (exact) mass is 489 g/mol. The number of halogens is 1. The fraction of sp³-hybridized carbons (Fsp3) is 0.381. The van der Waals surface area contributed by atoms with E-state index < -0.39 is 5.91 Å². The van der Waals surface area contributed by atoms with Gasteiger partial charge in [0.25, 0.3) is 5.91 Å². The Hall–Kier alpha value is -3.64. The van der Waals surface area contributed by atoms with E-state index in [1.165, 1.54) is 0 Å². The van der Waals surface area contributed by atoms with Gasteiger partial charge in [-0.3, -0.25) is 19.9 Å². The topological polar surface area (TPSA) is 210 Å². The Bertz CT molecular complexity index is 1060. The van der Waals surface area contributed by atoms with Crippen LogP contribution in [0.1, 0.15) is 35.3 Å². The van der Waals surface area contributed by atoms with E-state index in [0.29, 0.717) is 19.5 Å². The third-order valence-corrected chi connectivity index (χ3v) is 5.46. The molecule has 2 heterocycles. The lowest BCUT2D eigenvalue weighted by Crippen LogP contribution is -2.38. The SMILES string of the molecule is NC(=O)[C@@H]1CC(Oc2ccc(CCCCN=C(N)NC(=O)c3nc(Cl)c(N)nc3N)cc2)CN1. The number of carbonyl (C=O) groups is 2. The quantitative estimate of drug-likeness (QED) is 0.158. The van der Waals surface area contributed by atoms with E-state index in [9.17, 15) is 9.59 Å². The van der Waals surface area contributed by atoms with Crippen LogP contribution in [-0.2, 0) is 11.2 Å². The van der Waals surface area contributed by atoms with Gasteiger partial charge in [-0.15, -0.1) is 0 Å². The second-order valence-electron chi connectivity index (χ2n) is 7.79. The number of nitrogens with one attached hydrogen (secondary N) is 2. The van der Waals surface area contributed by atoms with Crippen LogP contribution in [0.15, 0.2) is 29.3 Å². The highest BCUT2D eigenvalue weighted by Crippen LogP contribution is 2.19. The predicted octanol–water partition coefficient (Wildman–Crippen LogP) is -0.0436. The second kappa shape index (κ2) is 11.5. The number of aromatic nitrogens is 2. The summed E-state index contributed by atoms with van der Waals surface area (Å²) in [4.78, 5) is 35.1. The lowest BCUT2D eigenvalue weighted by atomic mass is 10.1. The highest BCUT2D eigenvalue weighted by atomic mass is 35.5. The number of aliphatic imine (C=N–C) groups is 1. The van der Waals surface area contributed by atoms with Gasteiger partial charge in [0, 0.05) is 19.5 Å². The summed E-state index contributed by atoms with van der Waals surface area (Å²) in [6.45, 7) is 1.03. The molecule has 182 valence electrons. The molecule has 0 saturated carbocycles. The Labute approximate surface area is 201 Å². The number of unbranched alkanes of at least 4 members (excludes halogenated alkanes) is 1. The van der Waals surface area contributed by atoms with Crippen molar-refractivity contribution in [1.82, 2.24) is 20.6 Å². The molecule has 1 aromatic heterocycles. The first-order chi connectivity index (χ1) is 16.2.